The van der Waals surface area contributed by atoms with Crippen molar-refractivity contribution in [3.8, 4) is 0 Å². The largest absolute Gasteiger partial charge is 0.380 e. The van der Waals surface area contributed by atoms with Gasteiger partial charge in [-0.05, 0) is 43.4 Å². The van der Waals surface area contributed by atoms with Gasteiger partial charge in [-0.3, -0.25) is 4.68 Å². The summed E-state index contributed by atoms with van der Waals surface area (Å²) in [6.45, 7) is 3.02. The number of nitrogens with one attached hydrogen (secondary N) is 1. The standard InChI is InChI=1S/C15H18BrN3/c1-2-19-10-15(9-17-19)18-14-7-12(8-14)11-4-3-5-13(16)6-11/h3-6,9-10,12,14,18H,2,7-8H2,1H3. The Kier molecular flexibility index (Phi) is 3.60. The predicted molar refractivity (Wildman–Crippen MR) is 81.4 cm³/mol. The molecular weight excluding hydrogens is 302 g/mol. The van der Waals surface area contributed by atoms with Gasteiger partial charge in [0.1, 0.15) is 0 Å². The first-order chi connectivity index (χ1) is 9.24. The second-order valence-electron chi connectivity index (χ2n) is 5.15. The minimum atomic E-state index is 0.582. The summed E-state index contributed by atoms with van der Waals surface area (Å²) in [6, 6.07) is 9.23. The number of hydrogen-bond acceptors (Lipinski definition) is 2. The van der Waals surface area contributed by atoms with E-state index in [0.717, 1.165) is 12.2 Å². The summed E-state index contributed by atoms with van der Waals surface area (Å²) in [5, 5.41) is 7.84. The van der Waals surface area contributed by atoms with Crippen molar-refractivity contribution in [1.29, 1.82) is 0 Å². The minimum absolute atomic E-state index is 0.582. The lowest BCUT2D eigenvalue weighted by Gasteiger charge is -2.36. The molecule has 1 aromatic carbocycles. The van der Waals surface area contributed by atoms with Gasteiger partial charge in [-0.1, -0.05) is 28.1 Å². The Morgan fingerprint density at radius 1 is 1.42 bits per heavy atom. The molecule has 0 aliphatic heterocycles. The molecule has 2 aromatic rings. The fourth-order valence-corrected chi connectivity index (χ4v) is 3.03. The average Bonchev–Trinajstić information content (AvgIpc) is 2.81. The molecule has 1 aliphatic rings. The molecule has 0 atom stereocenters. The van der Waals surface area contributed by atoms with Crippen molar-refractivity contribution in [3.05, 3.63) is 46.7 Å². The summed E-state index contributed by atoms with van der Waals surface area (Å²) in [4.78, 5) is 0. The molecule has 1 aromatic heterocycles. The van der Waals surface area contributed by atoms with E-state index in [-0.39, 0.29) is 0 Å². The van der Waals surface area contributed by atoms with Crippen molar-refractivity contribution < 1.29 is 0 Å². The molecule has 0 bridgehead atoms. The summed E-state index contributed by atoms with van der Waals surface area (Å²) in [5.74, 6) is 0.691. The number of benzene rings is 1. The Balaban J connectivity index is 1.55. The topological polar surface area (TPSA) is 29.9 Å². The highest BCUT2D eigenvalue weighted by Gasteiger charge is 2.30. The van der Waals surface area contributed by atoms with Gasteiger partial charge in [0, 0.05) is 23.3 Å². The molecule has 0 radical (unpaired) electrons. The first kappa shape index (κ1) is 12.7. The Labute approximate surface area is 122 Å². The maximum atomic E-state index is 4.28. The normalized spacial score (nSPS) is 22.0. The molecule has 3 rings (SSSR count). The van der Waals surface area contributed by atoms with Crippen LogP contribution in [0.25, 0.3) is 0 Å². The van der Waals surface area contributed by atoms with Gasteiger partial charge < -0.3 is 5.32 Å². The number of anilines is 1. The lowest BCUT2D eigenvalue weighted by atomic mass is 9.76. The van der Waals surface area contributed by atoms with Crippen LogP contribution in [0, 0.1) is 0 Å². The van der Waals surface area contributed by atoms with Crippen LogP contribution in [-0.4, -0.2) is 15.8 Å². The smallest absolute Gasteiger partial charge is 0.0728 e. The van der Waals surface area contributed by atoms with Crippen LogP contribution in [-0.2, 0) is 6.54 Å². The molecule has 0 unspecified atom stereocenters. The molecule has 1 heterocycles. The van der Waals surface area contributed by atoms with Crippen LogP contribution < -0.4 is 5.32 Å². The SMILES string of the molecule is CCn1cc(NC2CC(c3cccc(Br)c3)C2)cn1. The zero-order valence-corrected chi connectivity index (χ0v) is 12.6. The number of hydrogen-bond donors (Lipinski definition) is 1. The van der Waals surface area contributed by atoms with E-state index >= 15 is 0 Å². The quantitative estimate of drug-likeness (QED) is 0.922. The molecule has 100 valence electrons. The average molecular weight is 320 g/mol. The van der Waals surface area contributed by atoms with Gasteiger partial charge >= 0.3 is 0 Å². The summed E-state index contributed by atoms with van der Waals surface area (Å²) in [5.41, 5.74) is 2.58. The van der Waals surface area contributed by atoms with Crippen LogP contribution in [0.15, 0.2) is 41.1 Å². The highest BCUT2D eigenvalue weighted by Crippen LogP contribution is 2.39. The van der Waals surface area contributed by atoms with E-state index in [4.69, 9.17) is 0 Å². The van der Waals surface area contributed by atoms with Gasteiger partial charge in [-0.25, -0.2) is 0 Å². The van der Waals surface area contributed by atoms with E-state index in [0.29, 0.717) is 12.0 Å². The number of rotatable bonds is 4. The third-order valence-corrected chi connectivity index (χ3v) is 4.28. The maximum absolute atomic E-state index is 4.28. The number of aryl methyl sites for hydroxylation is 1. The molecule has 1 N–H and O–H groups in total. The molecule has 1 aliphatic carbocycles. The number of halogens is 1. The van der Waals surface area contributed by atoms with Crippen molar-refractivity contribution in [2.24, 2.45) is 0 Å². The van der Waals surface area contributed by atoms with Gasteiger partial charge in [-0.2, -0.15) is 5.10 Å². The van der Waals surface area contributed by atoms with Crippen molar-refractivity contribution in [1.82, 2.24) is 9.78 Å². The molecular formula is C15H18BrN3. The second kappa shape index (κ2) is 5.37. The van der Waals surface area contributed by atoms with E-state index in [9.17, 15) is 0 Å². The highest BCUT2D eigenvalue weighted by molar-refractivity contribution is 9.10. The van der Waals surface area contributed by atoms with Crippen LogP contribution in [0.1, 0.15) is 31.2 Å². The lowest BCUT2D eigenvalue weighted by Crippen LogP contribution is -2.33. The van der Waals surface area contributed by atoms with Gasteiger partial charge in [0.25, 0.3) is 0 Å². The van der Waals surface area contributed by atoms with Crippen molar-refractivity contribution in [2.75, 3.05) is 5.32 Å². The van der Waals surface area contributed by atoms with Gasteiger partial charge in [0.15, 0.2) is 0 Å². The van der Waals surface area contributed by atoms with Crippen LogP contribution in [0.3, 0.4) is 0 Å². The molecule has 19 heavy (non-hydrogen) atoms. The Morgan fingerprint density at radius 2 is 2.26 bits per heavy atom. The second-order valence-corrected chi connectivity index (χ2v) is 6.06. The van der Waals surface area contributed by atoms with E-state index in [2.05, 4.69) is 63.7 Å². The fraction of sp³-hybridized carbons (Fsp3) is 0.400. The number of nitrogens with zero attached hydrogens (tertiary/aromatic N) is 2. The molecule has 3 nitrogen and oxygen atoms in total. The maximum Gasteiger partial charge on any atom is 0.0728 e. The van der Waals surface area contributed by atoms with Crippen molar-refractivity contribution in [3.63, 3.8) is 0 Å². The summed E-state index contributed by atoms with van der Waals surface area (Å²) in [7, 11) is 0. The molecule has 0 saturated heterocycles. The van der Waals surface area contributed by atoms with Crippen molar-refractivity contribution in [2.45, 2.75) is 38.3 Å². The Bertz CT molecular complexity index is 558. The molecule has 1 fully saturated rings. The third kappa shape index (κ3) is 2.84. The fourth-order valence-electron chi connectivity index (χ4n) is 2.62. The summed E-state index contributed by atoms with van der Waals surface area (Å²) >= 11 is 3.54. The Morgan fingerprint density at radius 3 is 2.95 bits per heavy atom. The van der Waals surface area contributed by atoms with Crippen molar-refractivity contribution >= 4 is 21.6 Å². The van der Waals surface area contributed by atoms with Gasteiger partial charge in [-0.15, -0.1) is 0 Å². The minimum Gasteiger partial charge on any atom is -0.380 e. The number of aromatic nitrogens is 2. The molecule has 1 saturated carbocycles. The van der Waals surface area contributed by atoms with Crippen LogP contribution >= 0.6 is 15.9 Å². The first-order valence-electron chi connectivity index (χ1n) is 6.79. The summed E-state index contributed by atoms with van der Waals surface area (Å²) in [6.07, 6.45) is 6.39. The predicted octanol–water partition coefficient (Wildman–Crippen LogP) is 4.02. The first-order valence-corrected chi connectivity index (χ1v) is 7.58. The van der Waals surface area contributed by atoms with Gasteiger partial charge in [0.2, 0.25) is 0 Å². The molecule has 4 heteroatoms. The van der Waals surface area contributed by atoms with Crippen LogP contribution in [0.4, 0.5) is 5.69 Å². The van der Waals surface area contributed by atoms with Gasteiger partial charge in [0.05, 0.1) is 11.9 Å². The zero-order chi connectivity index (χ0) is 13.2. The van der Waals surface area contributed by atoms with Crippen LogP contribution in [0.5, 0.6) is 0 Å². The van der Waals surface area contributed by atoms with E-state index < -0.39 is 0 Å². The van der Waals surface area contributed by atoms with E-state index in [1.54, 1.807) is 0 Å². The van der Waals surface area contributed by atoms with E-state index in [1.165, 1.54) is 22.9 Å². The zero-order valence-electron chi connectivity index (χ0n) is 11.0. The molecule has 0 spiro atoms. The summed E-state index contributed by atoms with van der Waals surface area (Å²) < 4.78 is 3.12. The molecule has 0 amide bonds. The monoisotopic (exact) mass is 319 g/mol. The third-order valence-electron chi connectivity index (χ3n) is 3.79. The lowest BCUT2D eigenvalue weighted by molar-refractivity contribution is 0.374. The van der Waals surface area contributed by atoms with E-state index in [1.807, 2.05) is 10.9 Å². The highest BCUT2D eigenvalue weighted by atomic mass is 79.9. The van der Waals surface area contributed by atoms with Crippen LogP contribution in [0.2, 0.25) is 0 Å². The Hall–Kier alpha value is -1.29.